The molecule has 60 heavy (non-hydrogen) atoms. The summed E-state index contributed by atoms with van der Waals surface area (Å²) in [4.78, 5) is 42.8. The van der Waals surface area contributed by atoms with Crippen molar-refractivity contribution in [2.75, 3.05) is 49.8 Å². The number of rotatable bonds is 17. The molecule has 1 fully saturated rings. The van der Waals surface area contributed by atoms with Crippen LogP contribution in [-0.2, 0) is 14.8 Å². The Bertz CT molecular complexity index is 2260. The smallest absolute Gasteiger partial charge is 0.355 e. The molecule has 1 spiro atoms. The average molecular weight is 846 g/mol. The first-order valence-electron chi connectivity index (χ1n) is 21.1. The molecule has 13 heteroatoms. The number of nitrogens with one attached hydrogen (secondary N) is 2. The molecular formula is C47H66FN6O5S+. The Kier molecular flexibility index (Phi) is 13.9. The summed E-state index contributed by atoms with van der Waals surface area (Å²) >= 11 is 0. The van der Waals surface area contributed by atoms with Crippen molar-refractivity contribution in [3.8, 4) is 5.75 Å². The minimum absolute atomic E-state index is 0.0142. The third-order valence-electron chi connectivity index (χ3n) is 11.8. The van der Waals surface area contributed by atoms with Gasteiger partial charge >= 0.3 is 5.91 Å². The number of carbonyl (C=O) groups is 2. The van der Waals surface area contributed by atoms with Gasteiger partial charge in [0.05, 0.1) is 30.4 Å². The lowest BCUT2D eigenvalue weighted by Crippen LogP contribution is -2.55. The minimum atomic E-state index is -3.35. The van der Waals surface area contributed by atoms with Crippen LogP contribution in [0.5, 0.6) is 5.75 Å². The summed E-state index contributed by atoms with van der Waals surface area (Å²) in [6, 6.07) is 16.9. The van der Waals surface area contributed by atoms with Crippen LogP contribution in [0, 0.1) is 35.4 Å². The number of fused-ring (bicyclic) bond motifs is 1. The van der Waals surface area contributed by atoms with Crippen LogP contribution in [0.2, 0.25) is 0 Å². The Hall–Kier alpha value is -4.46. The zero-order valence-electron chi connectivity index (χ0n) is 37.7. The van der Waals surface area contributed by atoms with Crippen molar-refractivity contribution >= 4 is 56.1 Å². The number of quaternary nitrogens is 1. The summed E-state index contributed by atoms with van der Waals surface area (Å²) in [6.07, 6.45) is 4.51. The Morgan fingerprint density at radius 3 is 2.33 bits per heavy atom. The highest BCUT2D eigenvalue weighted by Gasteiger charge is 2.80. The van der Waals surface area contributed by atoms with Gasteiger partial charge in [0.1, 0.15) is 23.7 Å². The molecule has 5 rings (SSSR count). The SMILES string of the molecule is CCN(CCNS(C)(=O)=O)c1ccc(N=C(C(=O)Nc2ccccc2OC)C2=Nc3ccc(F)cc3C(=O)[N+]23CC3(CCC(C)CC(C)(C)C)C(C)CC(C)(C)C)c(C)c1. The summed E-state index contributed by atoms with van der Waals surface area (Å²) in [6.45, 7) is 23.4. The molecule has 4 atom stereocenters. The van der Waals surface area contributed by atoms with Crippen LogP contribution in [0.4, 0.5) is 27.1 Å². The first-order chi connectivity index (χ1) is 27.9. The number of nitrogens with zero attached hydrogens (tertiary/aromatic N) is 4. The predicted octanol–water partition coefficient (Wildman–Crippen LogP) is 9.61. The van der Waals surface area contributed by atoms with Crippen molar-refractivity contribution < 1.29 is 31.6 Å². The number of hydrogen-bond acceptors (Lipinski definition) is 8. The zero-order chi connectivity index (χ0) is 44.4. The van der Waals surface area contributed by atoms with Gasteiger partial charge in [-0.2, -0.15) is 9.48 Å². The van der Waals surface area contributed by atoms with Crippen molar-refractivity contribution in [2.45, 2.75) is 100 Å². The fraction of sp³-hybridized carbons (Fsp3) is 0.532. The summed E-state index contributed by atoms with van der Waals surface area (Å²) < 4.78 is 46.5. The van der Waals surface area contributed by atoms with Crippen LogP contribution in [0.3, 0.4) is 0 Å². The lowest BCUT2D eigenvalue weighted by Gasteiger charge is -2.35. The van der Waals surface area contributed by atoms with Gasteiger partial charge in [0.2, 0.25) is 15.7 Å². The topological polar surface area (TPSA) is 130 Å². The maximum atomic E-state index is 15.4. The van der Waals surface area contributed by atoms with E-state index < -0.39 is 27.3 Å². The fourth-order valence-corrected chi connectivity index (χ4v) is 9.76. The van der Waals surface area contributed by atoms with E-state index in [4.69, 9.17) is 14.7 Å². The molecule has 3 aromatic rings. The first-order valence-corrected chi connectivity index (χ1v) is 23.0. The standard InChI is InChI=1S/C47H65FN6O5S/c1-13-53(25-24-49-60(12,57)58)35-19-21-37(32(3)26-35)50-41(43(55)52-39-16-14-15-17-40(39)59-11)42-51-38-20-18-34(48)27-36(38)44(56)54(42)30-47(54,33(4)29-46(8,9)10)23-22-31(2)28-45(5,6)7/h14-21,26-27,31,33,49H,13,22-25,28-30H2,1-12H3/p+1. The number of sulfonamides is 1. The van der Waals surface area contributed by atoms with E-state index in [2.05, 4.69) is 70.3 Å². The van der Waals surface area contributed by atoms with Gasteiger partial charge in [-0.05, 0) is 104 Å². The molecule has 3 aromatic carbocycles. The number of likely N-dealkylation sites (N-methyl/N-ethyl adjacent to an activating group) is 1. The lowest BCUT2D eigenvalue weighted by atomic mass is 9.75. The maximum Gasteiger partial charge on any atom is 0.355 e. The van der Waals surface area contributed by atoms with Crippen molar-refractivity contribution in [2.24, 2.45) is 32.7 Å². The lowest BCUT2D eigenvalue weighted by molar-refractivity contribution is -0.647. The predicted molar refractivity (Wildman–Crippen MR) is 242 cm³/mol. The molecule has 2 aliphatic heterocycles. The third-order valence-corrected chi connectivity index (χ3v) is 12.6. The first kappa shape index (κ1) is 46.6. The largest absolute Gasteiger partial charge is 0.495 e. The molecule has 0 aliphatic carbocycles. The molecule has 2 N–H and O–H groups in total. The van der Waals surface area contributed by atoms with Gasteiger partial charge in [0.15, 0.2) is 5.54 Å². The van der Waals surface area contributed by atoms with Crippen molar-refractivity contribution in [1.82, 2.24) is 4.72 Å². The highest BCUT2D eigenvalue weighted by Crippen LogP contribution is 2.58. The van der Waals surface area contributed by atoms with Crippen LogP contribution >= 0.6 is 0 Å². The van der Waals surface area contributed by atoms with E-state index in [-0.39, 0.29) is 56.5 Å². The number of benzene rings is 3. The quantitative estimate of drug-likeness (QED) is 0.0791. The number of hydrogen-bond donors (Lipinski definition) is 2. The molecule has 11 nitrogen and oxygen atoms in total. The van der Waals surface area contributed by atoms with Crippen molar-refractivity contribution in [3.63, 3.8) is 0 Å². The molecular weight excluding hydrogens is 780 g/mol. The van der Waals surface area contributed by atoms with E-state index in [0.29, 0.717) is 49.1 Å². The average Bonchev–Trinajstić information content (AvgIpc) is 3.83. The van der Waals surface area contributed by atoms with E-state index in [1.165, 1.54) is 25.3 Å². The third kappa shape index (κ3) is 10.5. The van der Waals surface area contributed by atoms with Gasteiger partial charge < -0.3 is 15.0 Å². The second-order valence-electron chi connectivity index (χ2n) is 19.4. The number of amidine groups is 1. The summed E-state index contributed by atoms with van der Waals surface area (Å²) in [5, 5.41) is 3.04. The van der Waals surface area contributed by atoms with Gasteiger partial charge in [-0.1, -0.05) is 67.5 Å². The van der Waals surface area contributed by atoms with Gasteiger partial charge in [-0.15, -0.1) is 0 Å². The second-order valence-corrected chi connectivity index (χ2v) is 21.2. The Morgan fingerprint density at radius 1 is 1.03 bits per heavy atom. The Labute approximate surface area is 357 Å². The minimum Gasteiger partial charge on any atom is -0.495 e. The van der Waals surface area contributed by atoms with E-state index >= 15 is 14.0 Å². The molecule has 2 amide bonds. The van der Waals surface area contributed by atoms with E-state index in [1.807, 2.05) is 38.1 Å². The highest BCUT2D eigenvalue weighted by molar-refractivity contribution is 7.88. The summed E-state index contributed by atoms with van der Waals surface area (Å²) in [5.41, 5.74) is 2.42. The second kappa shape index (κ2) is 17.9. The molecule has 0 aromatic heterocycles. The number of carbonyl (C=O) groups excluding carboxylic acids is 2. The number of ether oxygens (including phenoxy) is 1. The van der Waals surface area contributed by atoms with Crippen molar-refractivity contribution in [1.29, 1.82) is 0 Å². The van der Waals surface area contributed by atoms with Crippen molar-refractivity contribution in [3.05, 3.63) is 77.6 Å². The van der Waals surface area contributed by atoms with Crippen LogP contribution in [0.1, 0.15) is 104 Å². The molecule has 1 saturated heterocycles. The molecule has 326 valence electrons. The van der Waals surface area contributed by atoms with Gasteiger partial charge in [0, 0.05) is 37.7 Å². The number of aliphatic imine (C=N–C) groups is 2. The Balaban J connectivity index is 1.72. The maximum absolute atomic E-state index is 15.4. The Morgan fingerprint density at radius 2 is 1.72 bits per heavy atom. The molecule has 2 aliphatic rings. The number of amides is 2. The van der Waals surface area contributed by atoms with E-state index in [0.717, 1.165) is 36.8 Å². The van der Waals surface area contributed by atoms with Gasteiger partial charge in [-0.25, -0.2) is 27.3 Å². The molecule has 0 saturated carbocycles. The normalized spacial score (nSPS) is 20.3. The fourth-order valence-electron chi connectivity index (χ4n) is 9.30. The monoisotopic (exact) mass is 845 g/mol. The van der Waals surface area contributed by atoms with Gasteiger partial charge in [-0.3, -0.25) is 4.79 Å². The number of methoxy groups -OCH3 is 1. The molecule has 4 unspecified atom stereocenters. The van der Waals surface area contributed by atoms with Crippen LogP contribution < -0.4 is 19.7 Å². The molecule has 2 heterocycles. The number of anilines is 2. The zero-order valence-corrected chi connectivity index (χ0v) is 38.5. The van der Waals surface area contributed by atoms with Gasteiger partial charge in [0.25, 0.3) is 11.7 Å². The number of aryl methyl sites for hydroxylation is 1. The summed E-state index contributed by atoms with van der Waals surface area (Å²) in [5.74, 6) is -0.312. The number of para-hydroxylation sites is 2. The van der Waals surface area contributed by atoms with Crippen LogP contribution in [0.25, 0.3) is 0 Å². The van der Waals surface area contributed by atoms with E-state index in [9.17, 15) is 8.42 Å². The summed E-state index contributed by atoms with van der Waals surface area (Å²) in [7, 11) is -1.82. The molecule has 0 bridgehead atoms. The molecule has 0 radical (unpaired) electrons. The number of halogens is 1. The highest BCUT2D eigenvalue weighted by atomic mass is 32.2. The van der Waals surface area contributed by atoms with E-state index in [1.54, 1.807) is 18.2 Å². The van der Waals surface area contributed by atoms with Crippen LogP contribution in [-0.4, -0.2) is 81.3 Å². The van der Waals surface area contributed by atoms with Crippen LogP contribution in [0.15, 0.2) is 70.6 Å².